The van der Waals surface area contributed by atoms with Crippen molar-refractivity contribution in [3.63, 3.8) is 0 Å². The number of rotatable bonds is 5. The highest BCUT2D eigenvalue weighted by atomic mass is 16.3. The Hall–Kier alpha value is -0.650. The second kappa shape index (κ2) is 5.16. The van der Waals surface area contributed by atoms with Gasteiger partial charge < -0.3 is 21.3 Å². The number of aliphatic hydroxyl groups excluding tert-OH is 2. The van der Waals surface area contributed by atoms with E-state index in [9.17, 15) is 4.79 Å². The van der Waals surface area contributed by atoms with Gasteiger partial charge in [-0.25, -0.2) is 0 Å². The van der Waals surface area contributed by atoms with Crippen LogP contribution in [0.3, 0.4) is 0 Å². The first-order chi connectivity index (χ1) is 5.97. The van der Waals surface area contributed by atoms with Crippen molar-refractivity contribution < 1.29 is 15.0 Å². The summed E-state index contributed by atoms with van der Waals surface area (Å²) in [4.78, 5) is 11.4. The summed E-state index contributed by atoms with van der Waals surface area (Å²) in [6.07, 6.45) is 0. The minimum atomic E-state index is -0.664. The fourth-order valence-electron chi connectivity index (χ4n) is 0.622. The van der Waals surface area contributed by atoms with Gasteiger partial charge in [0.2, 0.25) is 5.91 Å². The minimum Gasteiger partial charge on any atom is -0.394 e. The third kappa shape index (κ3) is 3.71. The summed E-state index contributed by atoms with van der Waals surface area (Å²) in [5.41, 5.74) is 4.72. The van der Waals surface area contributed by atoms with E-state index in [2.05, 4.69) is 5.32 Å². The van der Waals surface area contributed by atoms with Gasteiger partial charge in [-0.15, -0.1) is 0 Å². The van der Waals surface area contributed by atoms with Crippen LogP contribution in [0.5, 0.6) is 0 Å². The topological polar surface area (TPSA) is 95.6 Å². The van der Waals surface area contributed by atoms with E-state index in [1.807, 2.05) is 0 Å². The van der Waals surface area contributed by atoms with Gasteiger partial charge in [0.25, 0.3) is 0 Å². The number of carbonyl (C=O) groups excluding carboxylic acids is 1. The van der Waals surface area contributed by atoms with E-state index in [1.165, 1.54) is 0 Å². The van der Waals surface area contributed by atoms with E-state index in [0.717, 1.165) is 0 Å². The molecule has 1 amide bonds. The van der Waals surface area contributed by atoms with Gasteiger partial charge in [0.05, 0.1) is 24.7 Å². The molecule has 0 heterocycles. The SMILES string of the molecule is CC(C)(CN)C(=O)NC(CO)CO. The van der Waals surface area contributed by atoms with Crippen molar-refractivity contribution in [2.75, 3.05) is 19.8 Å². The molecule has 0 atom stereocenters. The van der Waals surface area contributed by atoms with Crippen LogP contribution in [-0.2, 0) is 4.79 Å². The largest absolute Gasteiger partial charge is 0.394 e. The van der Waals surface area contributed by atoms with Crippen molar-refractivity contribution in [1.82, 2.24) is 5.32 Å². The van der Waals surface area contributed by atoms with Gasteiger partial charge in [0.1, 0.15) is 0 Å². The number of hydrogen-bond acceptors (Lipinski definition) is 4. The lowest BCUT2D eigenvalue weighted by Crippen LogP contribution is -2.48. The van der Waals surface area contributed by atoms with Crippen molar-refractivity contribution in [3.8, 4) is 0 Å². The number of carbonyl (C=O) groups is 1. The molecule has 0 aromatic heterocycles. The lowest BCUT2D eigenvalue weighted by atomic mass is 9.92. The van der Waals surface area contributed by atoms with Crippen LogP contribution in [0.15, 0.2) is 0 Å². The minimum absolute atomic E-state index is 0.225. The molecule has 0 unspecified atom stereocenters. The van der Waals surface area contributed by atoms with Crippen molar-refractivity contribution in [3.05, 3.63) is 0 Å². The Labute approximate surface area is 77.9 Å². The molecule has 78 valence electrons. The van der Waals surface area contributed by atoms with Gasteiger partial charge in [-0.05, 0) is 13.8 Å². The zero-order valence-electron chi connectivity index (χ0n) is 8.08. The number of hydrogen-bond donors (Lipinski definition) is 4. The van der Waals surface area contributed by atoms with E-state index in [0.29, 0.717) is 0 Å². The monoisotopic (exact) mass is 190 g/mol. The molecular formula is C8H18N2O3. The maximum atomic E-state index is 11.4. The molecule has 13 heavy (non-hydrogen) atoms. The molecule has 0 rings (SSSR count). The highest BCUT2D eigenvalue weighted by molar-refractivity contribution is 5.82. The first-order valence-corrected chi connectivity index (χ1v) is 4.20. The second-order valence-electron chi connectivity index (χ2n) is 3.62. The standard InChI is InChI=1S/C8H18N2O3/c1-8(2,5-9)7(13)10-6(3-11)4-12/h6,11-12H,3-5,9H2,1-2H3,(H,10,13). The maximum absolute atomic E-state index is 11.4. The van der Waals surface area contributed by atoms with Crippen LogP contribution in [0.4, 0.5) is 0 Å². The van der Waals surface area contributed by atoms with E-state index < -0.39 is 11.5 Å². The summed E-state index contributed by atoms with van der Waals surface area (Å²) in [7, 11) is 0. The summed E-state index contributed by atoms with van der Waals surface area (Å²) in [6.45, 7) is 3.08. The van der Waals surface area contributed by atoms with Crippen molar-refractivity contribution >= 4 is 5.91 Å². The van der Waals surface area contributed by atoms with Crippen LogP contribution in [0, 0.1) is 5.41 Å². The Balaban J connectivity index is 4.13. The molecule has 0 spiro atoms. The zero-order valence-corrected chi connectivity index (χ0v) is 8.08. The van der Waals surface area contributed by atoms with Crippen LogP contribution < -0.4 is 11.1 Å². The fourth-order valence-corrected chi connectivity index (χ4v) is 0.622. The summed E-state index contributed by atoms with van der Waals surface area (Å²) >= 11 is 0. The van der Waals surface area contributed by atoms with Crippen molar-refractivity contribution in [2.24, 2.45) is 11.1 Å². The summed E-state index contributed by atoms with van der Waals surface area (Å²) in [6, 6.07) is -0.599. The average molecular weight is 190 g/mol. The number of aliphatic hydroxyl groups is 2. The van der Waals surface area contributed by atoms with Gasteiger partial charge in [-0.1, -0.05) is 0 Å². The van der Waals surface area contributed by atoms with Gasteiger partial charge in [0.15, 0.2) is 0 Å². The average Bonchev–Trinajstić information content (AvgIpc) is 2.13. The molecule has 0 saturated carbocycles. The van der Waals surface area contributed by atoms with Gasteiger partial charge in [-0.2, -0.15) is 0 Å². The molecule has 5 N–H and O–H groups in total. The van der Waals surface area contributed by atoms with Crippen LogP contribution in [-0.4, -0.2) is 41.9 Å². The summed E-state index contributed by atoms with van der Waals surface area (Å²) < 4.78 is 0. The normalized spacial score (nSPS) is 11.8. The highest BCUT2D eigenvalue weighted by Gasteiger charge is 2.27. The molecule has 0 aromatic carbocycles. The lowest BCUT2D eigenvalue weighted by Gasteiger charge is -2.24. The Morgan fingerprint density at radius 1 is 1.46 bits per heavy atom. The second-order valence-corrected chi connectivity index (χ2v) is 3.62. The van der Waals surface area contributed by atoms with Crippen LogP contribution >= 0.6 is 0 Å². The Kier molecular flexibility index (Phi) is 4.90. The molecular weight excluding hydrogens is 172 g/mol. The third-order valence-electron chi connectivity index (χ3n) is 1.90. The molecule has 0 fully saturated rings. The van der Waals surface area contributed by atoms with E-state index in [4.69, 9.17) is 15.9 Å². The molecule has 0 aliphatic heterocycles. The zero-order chi connectivity index (χ0) is 10.5. The van der Waals surface area contributed by atoms with Gasteiger partial charge in [0, 0.05) is 6.54 Å². The molecule has 0 bridgehead atoms. The van der Waals surface area contributed by atoms with Gasteiger partial charge >= 0.3 is 0 Å². The predicted molar refractivity (Wildman–Crippen MR) is 48.9 cm³/mol. The maximum Gasteiger partial charge on any atom is 0.227 e. The predicted octanol–water partition coefficient (Wildman–Crippen LogP) is -1.56. The molecule has 0 aromatic rings. The van der Waals surface area contributed by atoms with Gasteiger partial charge in [-0.3, -0.25) is 4.79 Å². The first kappa shape index (κ1) is 12.3. The van der Waals surface area contributed by atoms with Crippen LogP contribution in [0.25, 0.3) is 0 Å². The molecule has 5 heteroatoms. The number of amides is 1. The number of nitrogens with one attached hydrogen (secondary N) is 1. The molecule has 5 nitrogen and oxygen atoms in total. The molecule has 0 radical (unpaired) electrons. The lowest BCUT2D eigenvalue weighted by molar-refractivity contribution is -0.130. The fraction of sp³-hybridized carbons (Fsp3) is 0.875. The summed E-state index contributed by atoms with van der Waals surface area (Å²) in [5, 5.41) is 19.9. The van der Waals surface area contributed by atoms with Crippen LogP contribution in [0.2, 0.25) is 0 Å². The first-order valence-electron chi connectivity index (χ1n) is 4.20. The molecule has 0 saturated heterocycles. The summed E-state index contributed by atoms with van der Waals surface area (Å²) in [5.74, 6) is -0.261. The van der Waals surface area contributed by atoms with Crippen molar-refractivity contribution in [1.29, 1.82) is 0 Å². The van der Waals surface area contributed by atoms with E-state index >= 15 is 0 Å². The quantitative estimate of drug-likeness (QED) is 0.421. The Bertz CT molecular complexity index is 167. The van der Waals surface area contributed by atoms with E-state index in [1.54, 1.807) is 13.8 Å². The van der Waals surface area contributed by atoms with E-state index in [-0.39, 0.29) is 25.7 Å². The third-order valence-corrected chi connectivity index (χ3v) is 1.90. The smallest absolute Gasteiger partial charge is 0.227 e. The molecule has 0 aliphatic carbocycles. The van der Waals surface area contributed by atoms with Crippen LogP contribution in [0.1, 0.15) is 13.8 Å². The Morgan fingerprint density at radius 3 is 2.23 bits per heavy atom. The number of nitrogens with two attached hydrogens (primary N) is 1. The van der Waals surface area contributed by atoms with Crippen molar-refractivity contribution in [2.45, 2.75) is 19.9 Å². The highest BCUT2D eigenvalue weighted by Crippen LogP contribution is 2.12. The Morgan fingerprint density at radius 2 is 1.92 bits per heavy atom. The molecule has 0 aliphatic rings.